The second-order valence-electron chi connectivity index (χ2n) is 8.76. The molecule has 1 saturated carbocycles. The molecule has 5 rings (SSSR count). The minimum Gasteiger partial charge on any atom is -0.472 e. The molecule has 0 atom stereocenters. The molecule has 6 heteroatoms. The maximum Gasteiger partial charge on any atom is 0.287 e. The number of carbonyl (C=O) groups excluding carboxylic acids is 1. The molecular formula is C24H28N2O4. The third kappa shape index (κ3) is 3.89. The van der Waals surface area contributed by atoms with E-state index in [1.165, 1.54) is 12.8 Å². The van der Waals surface area contributed by atoms with Crippen LogP contribution in [0.3, 0.4) is 0 Å². The van der Waals surface area contributed by atoms with Gasteiger partial charge >= 0.3 is 0 Å². The summed E-state index contributed by atoms with van der Waals surface area (Å²) >= 11 is 0. The highest BCUT2D eigenvalue weighted by Gasteiger charge is 2.34. The number of aliphatic hydroxyl groups is 1. The zero-order valence-corrected chi connectivity index (χ0v) is 17.1. The Bertz CT molecular complexity index is 1010. The molecule has 1 amide bonds. The molecule has 1 aromatic carbocycles. The number of fused-ring (bicyclic) bond motifs is 1. The van der Waals surface area contributed by atoms with E-state index in [2.05, 4.69) is 10.2 Å². The largest absolute Gasteiger partial charge is 0.472 e. The van der Waals surface area contributed by atoms with Gasteiger partial charge in [0, 0.05) is 36.6 Å². The summed E-state index contributed by atoms with van der Waals surface area (Å²) in [6.45, 7) is 2.48. The molecule has 6 nitrogen and oxygen atoms in total. The summed E-state index contributed by atoms with van der Waals surface area (Å²) in [6.07, 6.45) is 9.24. The van der Waals surface area contributed by atoms with Gasteiger partial charge in [0.05, 0.1) is 18.1 Å². The molecule has 3 aromatic rings. The van der Waals surface area contributed by atoms with Gasteiger partial charge in [-0.3, -0.25) is 9.69 Å². The Balaban J connectivity index is 1.28. The number of nitrogens with one attached hydrogen (secondary N) is 1. The fraction of sp³-hybridized carbons (Fsp3) is 0.458. The Morgan fingerprint density at radius 1 is 1.17 bits per heavy atom. The third-order valence-electron chi connectivity index (χ3n) is 6.64. The van der Waals surface area contributed by atoms with Crippen molar-refractivity contribution in [2.24, 2.45) is 0 Å². The standard InChI is InChI=1S/C24H28N2O4/c27-23(25-20-3-1-2-4-20)22-14-18-13-19(5-6-21(18)30-22)24(28)8-10-26(11-9-24)15-17-7-12-29-16-17/h5-7,12-14,16,20,28H,1-4,8-11,15H2,(H,25,27). The number of likely N-dealkylation sites (tertiary alicyclic amines) is 1. The zero-order valence-electron chi connectivity index (χ0n) is 17.1. The van der Waals surface area contributed by atoms with Crippen molar-refractivity contribution in [1.29, 1.82) is 0 Å². The van der Waals surface area contributed by atoms with Crippen molar-refractivity contribution < 1.29 is 18.7 Å². The van der Waals surface area contributed by atoms with Crippen LogP contribution in [0.15, 0.2) is 51.7 Å². The smallest absolute Gasteiger partial charge is 0.287 e. The molecule has 0 spiro atoms. The van der Waals surface area contributed by atoms with E-state index in [9.17, 15) is 9.90 Å². The number of carbonyl (C=O) groups is 1. The second kappa shape index (κ2) is 7.93. The van der Waals surface area contributed by atoms with E-state index < -0.39 is 5.60 Å². The van der Waals surface area contributed by atoms with Crippen LogP contribution < -0.4 is 5.32 Å². The van der Waals surface area contributed by atoms with E-state index in [1.807, 2.05) is 24.3 Å². The minimum atomic E-state index is -0.857. The van der Waals surface area contributed by atoms with Crippen LogP contribution in [0.2, 0.25) is 0 Å². The number of furan rings is 2. The van der Waals surface area contributed by atoms with Crippen LogP contribution in [0.5, 0.6) is 0 Å². The number of hydrogen-bond acceptors (Lipinski definition) is 5. The van der Waals surface area contributed by atoms with Gasteiger partial charge in [0.15, 0.2) is 5.76 Å². The van der Waals surface area contributed by atoms with Crippen LogP contribution in [0, 0.1) is 0 Å². The van der Waals surface area contributed by atoms with Crippen molar-refractivity contribution in [3.05, 3.63) is 59.7 Å². The molecule has 0 bridgehead atoms. The summed E-state index contributed by atoms with van der Waals surface area (Å²) in [4.78, 5) is 14.9. The Hall–Kier alpha value is -2.57. The topological polar surface area (TPSA) is 78.9 Å². The van der Waals surface area contributed by atoms with Crippen molar-refractivity contribution in [3.8, 4) is 0 Å². The normalized spacial score (nSPS) is 20.0. The Kier molecular flexibility index (Phi) is 5.13. The number of nitrogens with zero attached hydrogens (tertiary/aromatic N) is 1. The van der Waals surface area contributed by atoms with E-state index in [1.54, 1.807) is 18.6 Å². The first kappa shape index (κ1) is 19.4. The van der Waals surface area contributed by atoms with Crippen LogP contribution in [0.1, 0.15) is 60.2 Å². The first-order chi connectivity index (χ1) is 14.6. The summed E-state index contributed by atoms with van der Waals surface area (Å²) in [5.41, 5.74) is 1.87. The molecule has 2 fully saturated rings. The van der Waals surface area contributed by atoms with Gasteiger partial charge in [-0.15, -0.1) is 0 Å². The second-order valence-corrected chi connectivity index (χ2v) is 8.76. The minimum absolute atomic E-state index is 0.147. The summed E-state index contributed by atoms with van der Waals surface area (Å²) in [6, 6.07) is 9.79. The summed E-state index contributed by atoms with van der Waals surface area (Å²) in [5.74, 6) is 0.196. The van der Waals surface area contributed by atoms with E-state index in [4.69, 9.17) is 8.83 Å². The van der Waals surface area contributed by atoms with Crippen molar-refractivity contribution in [2.45, 2.75) is 56.7 Å². The molecule has 1 aliphatic heterocycles. The molecular weight excluding hydrogens is 380 g/mol. The van der Waals surface area contributed by atoms with Gasteiger partial charge in [-0.25, -0.2) is 0 Å². The number of piperidine rings is 1. The van der Waals surface area contributed by atoms with Crippen LogP contribution in [-0.4, -0.2) is 35.0 Å². The van der Waals surface area contributed by atoms with Gasteiger partial charge < -0.3 is 19.3 Å². The molecule has 2 N–H and O–H groups in total. The predicted molar refractivity (Wildman–Crippen MR) is 113 cm³/mol. The van der Waals surface area contributed by atoms with Crippen LogP contribution in [0.4, 0.5) is 0 Å². The first-order valence-corrected chi connectivity index (χ1v) is 10.9. The zero-order chi connectivity index (χ0) is 20.6. The van der Waals surface area contributed by atoms with Gasteiger partial charge in [0.2, 0.25) is 0 Å². The quantitative estimate of drug-likeness (QED) is 0.662. The van der Waals surface area contributed by atoms with Gasteiger partial charge in [-0.1, -0.05) is 18.9 Å². The monoisotopic (exact) mass is 408 g/mol. The summed E-state index contributed by atoms with van der Waals surface area (Å²) in [7, 11) is 0. The Morgan fingerprint density at radius 2 is 1.97 bits per heavy atom. The lowest BCUT2D eigenvalue weighted by atomic mass is 9.84. The van der Waals surface area contributed by atoms with Gasteiger partial charge in [0.25, 0.3) is 5.91 Å². The fourth-order valence-electron chi connectivity index (χ4n) is 4.78. The molecule has 158 valence electrons. The highest BCUT2D eigenvalue weighted by molar-refractivity contribution is 5.96. The van der Waals surface area contributed by atoms with Crippen molar-refractivity contribution in [3.63, 3.8) is 0 Å². The van der Waals surface area contributed by atoms with Crippen LogP contribution in [0.25, 0.3) is 11.0 Å². The van der Waals surface area contributed by atoms with E-state index in [0.717, 1.165) is 49.0 Å². The van der Waals surface area contributed by atoms with Crippen LogP contribution >= 0.6 is 0 Å². The molecule has 0 unspecified atom stereocenters. The SMILES string of the molecule is O=C(NC1CCCC1)c1cc2cc(C3(O)CCN(Cc4ccoc4)CC3)ccc2o1. The average molecular weight is 408 g/mol. The Labute approximate surface area is 175 Å². The van der Waals surface area contributed by atoms with Crippen molar-refractivity contribution in [1.82, 2.24) is 10.2 Å². The number of hydrogen-bond donors (Lipinski definition) is 2. The molecule has 1 saturated heterocycles. The highest BCUT2D eigenvalue weighted by atomic mass is 16.3. The van der Waals surface area contributed by atoms with Crippen molar-refractivity contribution >= 4 is 16.9 Å². The number of rotatable bonds is 5. The Morgan fingerprint density at radius 3 is 2.70 bits per heavy atom. The van der Waals surface area contributed by atoms with Gasteiger partial charge in [-0.05, 0) is 55.5 Å². The summed E-state index contributed by atoms with van der Waals surface area (Å²) < 4.78 is 10.9. The highest BCUT2D eigenvalue weighted by Crippen LogP contribution is 2.35. The summed E-state index contributed by atoms with van der Waals surface area (Å²) in [5, 5.41) is 15.2. The molecule has 2 aromatic heterocycles. The van der Waals surface area contributed by atoms with Gasteiger partial charge in [-0.2, -0.15) is 0 Å². The predicted octanol–water partition coefficient (Wildman–Crippen LogP) is 4.18. The molecule has 30 heavy (non-hydrogen) atoms. The lowest BCUT2D eigenvalue weighted by molar-refractivity contribution is -0.0276. The first-order valence-electron chi connectivity index (χ1n) is 10.9. The number of benzene rings is 1. The van der Waals surface area contributed by atoms with E-state index in [-0.39, 0.29) is 11.9 Å². The fourth-order valence-corrected chi connectivity index (χ4v) is 4.78. The molecule has 3 heterocycles. The molecule has 1 aliphatic carbocycles. The lowest BCUT2D eigenvalue weighted by Gasteiger charge is -2.38. The van der Waals surface area contributed by atoms with Crippen molar-refractivity contribution in [2.75, 3.05) is 13.1 Å². The maximum atomic E-state index is 12.5. The van der Waals surface area contributed by atoms with Gasteiger partial charge in [0.1, 0.15) is 5.58 Å². The van der Waals surface area contributed by atoms with Crippen LogP contribution in [-0.2, 0) is 12.1 Å². The molecule has 0 radical (unpaired) electrons. The number of amides is 1. The van der Waals surface area contributed by atoms with E-state index >= 15 is 0 Å². The average Bonchev–Trinajstić information content (AvgIpc) is 3.51. The molecule has 2 aliphatic rings. The third-order valence-corrected chi connectivity index (χ3v) is 6.64. The van der Waals surface area contributed by atoms with E-state index in [0.29, 0.717) is 24.2 Å². The lowest BCUT2D eigenvalue weighted by Crippen LogP contribution is -2.42. The maximum absolute atomic E-state index is 12.5.